The fourth-order valence-corrected chi connectivity index (χ4v) is 5.77. The highest BCUT2D eigenvalue weighted by Gasteiger charge is 2.47. The molecular weight excluding hydrogens is 220 g/mol. The van der Waals surface area contributed by atoms with Crippen LogP contribution in [0.3, 0.4) is 0 Å². The first-order chi connectivity index (χ1) is 8.88. The number of hydrazine groups is 1. The minimum atomic E-state index is 1.08. The van der Waals surface area contributed by atoms with Gasteiger partial charge in [0.25, 0.3) is 0 Å². The molecular formula is C16H28N2. The van der Waals surface area contributed by atoms with E-state index in [1.807, 2.05) is 0 Å². The van der Waals surface area contributed by atoms with Crippen LogP contribution in [0.2, 0.25) is 0 Å². The molecule has 1 N–H and O–H groups in total. The molecule has 0 spiro atoms. The molecule has 0 aromatic carbocycles. The predicted octanol–water partition coefficient (Wildman–Crippen LogP) is 3.05. The van der Waals surface area contributed by atoms with Crippen molar-refractivity contribution < 1.29 is 0 Å². The predicted molar refractivity (Wildman–Crippen MR) is 74.0 cm³/mol. The lowest BCUT2D eigenvalue weighted by molar-refractivity contribution is -0.0407. The maximum Gasteiger partial charge on any atom is 0.0131 e. The first-order valence-electron chi connectivity index (χ1n) is 8.37. The normalized spacial score (nSPS) is 47.0. The number of hydrogen-bond donors (Lipinski definition) is 1. The SMILES string of the molecule is C1CCN(NCCC2C3CC4CC(C3)CC2C4)C1. The van der Waals surface area contributed by atoms with Gasteiger partial charge in [-0.3, -0.25) is 5.43 Å². The summed E-state index contributed by atoms with van der Waals surface area (Å²) in [6, 6.07) is 0. The molecule has 5 aliphatic rings. The second-order valence-corrected chi connectivity index (χ2v) is 7.49. The Balaban J connectivity index is 1.29. The number of rotatable bonds is 4. The Morgan fingerprint density at radius 1 is 0.833 bits per heavy atom. The molecule has 0 atom stereocenters. The van der Waals surface area contributed by atoms with E-state index in [-0.39, 0.29) is 0 Å². The monoisotopic (exact) mass is 248 g/mol. The zero-order valence-corrected chi connectivity index (χ0v) is 11.6. The van der Waals surface area contributed by atoms with Gasteiger partial charge in [-0.15, -0.1) is 0 Å². The largest absolute Gasteiger partial charge is 0.255 e. The summed E-state index contributed by atoms with van der Waals surface area (Å²) in [5.74, 6) is 5.57. The third-order valence-corrected chi connectivity index (χ3v) is 6.34. The van der Waals surface area contributed by atoms with Gasteiger partial charge in [0, 0.05) is 19.6 Å². The Morgan fingerprint density at radius 3 is 2.06 bits per heavy atom. The highest BCUT2D eigenvalue weighted by atomic mass is 15.5. The fourth-order valence-electron chi connectivity index (χ4n) is 5.77. The van der Waals surface area contributed by atoms with Crippen molar-refractivity contribution >= 4 is 0 Å². The van der Waals surface area contributed by atoms with E-state index in [1.165, 1.54) is 38.9 Å². The van der Waals surface area contributed by atoms with Crippen LogP contribution in [0, 0.1) is 29.6 Å². The van der Waals surface area contributed by atoms with Gasteiger partial charge in [0.05, 0.1) is 0 Å². The van der Waals surface area contributed by atoms with Crippen LogP contribution in [0.4, 0.5) is 0 Å². The minimum absolute atomic E-state index is 1.08. The molecule has 1 aliphatic heterocycles. The molecule has 4 aliphatic carbocycles. The lowest BCUT2D eigenvalue weighted by Gasteiger charge is -2.54. The molecule has 0 aromatic heterocycles. The molecule has 0 aromatic rings. The lowest BCUT2D eigenvalue weighted by atomic mass is 9.51. The summed E-state index contributed by atoms with van der Waals surface area (Å²) < 4.78 is 0. The maximum absolute atomic E-state index is 3.67. The molecule has 2 heteroatoms. The summed E-state index contributed by atoms with van der Waals surface area (Å²) in [6.07, 6.45) is 12.2. The molecule has 0 unspecified atom stereocenters. The molecule has 2 nitrogen and oxygen atoms in total. The quantitative estimate of drug-likeness (QED) is 0.822. The first-order valence-corrected chi connectivity index (χ1v) is 8.37. The van der Waals surface area contributed by atoms with Gasteiger partial charge in [0.15, 0.2) is 0 Å². The second kappa shape index (κ2) is 4.79. The Morgan fingerprint density at radius 2 is 1.44 bits per heavy atom. The van der Waals surface area contributed by atoms with E-state index < -0.39 is 0 Å². The highest BCUT2D eigenvalue weighted by molar-refractivity contribution is 4.98. The van der Waals surface area contributed by atoms with Crippen LogP contribution in [0.1, 0.15) is 51.4 Å². The van der Waals surface area contributed by atoms with Gasteiger partial charge in [0.1, 0.15) is 0 Å². The lowest BCUT2D eigenvalue weighted by Crippen LogP contribution is -2.46. The Bertz CT molecular complexity index is 267. The molecule has 5 rings (SSSR count). The second-order valence-electron chi connectivity index (χ2n) is 7.49. The maximum atomic E-state index is 3.67. The molecule has 1 heterocycles. The van der Waals surface area contributed by atoms with Crippen LogP contribution in [-0.2, 0) is 0 Å². The summed E-state index contributed by atoms with van der Waals surface area (Å²) >= 11 is 0. The van der Waals surface area contributed by atoms with Gasteiger partial charge in [-0.2, -0.15) is 0 Å². The van der Waals surface area contributed by atoms with Crippen LogP contribution in [-0.4, -0.2) is 24.6 Å². The average Bonchev–Trinajstić information content (AvgIpc) is 2.85. The van der Waals surface area contributed by atoms with E-state index in [0.29, 0.717) is 0 Å². The van der Waals surface area contributed by atoms with Crippen LogP contribution < -0.4 is 5.43 Å². The van der Waals surface area contributed by atoms with Crippen molar-refractivity contribution in [3.05, 3.63) is 0 Å². The molecule has 5 fully saturated rings. The molecule has 0 radical (unpaired) electrons. The van der Waals surface area contributed by atoms with Gasteiger partial charge >= 0.3 is 0 Å². The molecule has 18 heavy (non-hydrogen) atoms. The Hall–Kier alpha value is -0.0800. The van der Waals surface area contributed by atoms with Gasteiger partial charge in [0.2, 0.25) is 0 Å². The number of nitrogens with zero attached hydrogens (tertiary/aromatic N) is 1. The van der Waals surface area contributed by atoms with E-state index in [1.54, 1.807) is 32.1 Å². The third kappa shape index (κ3) is 2.12. The van der Waals surface area contributed by atoms with Gasteiger partial charge in [-0.1, -0.05) is 0 Å². The number of hydrogen-bond acceptors (Lipinski definition) is 2. The molecule has 102 valence electrons. The highest BCUT2D eigenvalue weighted by Crippen LogP contribution is 2.57. The Labute approximate surface area is 111 Å². The Kier molecular flexibility index (Phi) is 3.12. The molecule has 4 saturated carbocycles. The van der Waals surface area contributed by atoms with Crippen LogP contribution >= 0.6 is 0 Å². The zero-order valence-electron chi connectivity index (χ0n) is 11.6. The van der Waals surface area contributed by atoms with Gasteiger partial charge in [-0.25, -0.2) is 5.01 Å². The summed E-state index contributed by atoms with van der Waals surface area (Å²) in [7, 11) is 0. The van der Waals surface area contributed by atoms with Crippen molar-refractivity contribution in [1.82, 2.24) is 10.4 Å². The van der Waals surface area contributed by atoms with E-state index >= 15 is 0 Å². The van der Waals surface area contributed by atoms with Crippen molar-refractivity contribution in [2.75, 3.05) is 19.6 Å². The van der Waals surface area contributed by atoms with E-state index in [2.05, 4.69) is 10.4 Å². The van der Waals surface area contributed by atoms with Crippen molar-refractivity contribution in [1.29, 1.82) is 0 Å². The topological polar surface area (TPSA) is 15.3 Å². The van der Waals surface area contributed by atoms with Crippen LogP contribution in [0.5, 0.6) is 0 Å². The van der Waals surface area contributed by atoms with E-state index in [0.717, 1.165) is 29.6 Å². The van der Waals surface area contributed by atoms with Crippen molar-refractivity contribution in [2.45, 2.75) is 51.4 Å². The smallest absolute Gasteiger partial charge is 0.0131 e. The van der Waals surface area contributed by atoms with Crippen molar-refractivity contribution in [3.8, 4) is 0 Å². The summed E-state index contributed by atoms with van der Waals surface area (Å²) in [5, 5.41) is 2.45. The van der Waals surface area contributed by atoms with Crippen LogP contribution in [0.15, 0.2) is 0 Å². The van der Waals surface area contributed by atoms with E-state index in [4.69, 9.17) is 0 Å². The van der Waals surface area contributed by atoms with Crippen LogP contribution in [0.25, 0.3) is 0 Å². The fraction of sp³-hybridized carbons (Fsp3) is 1.00. The van der Waals surface area contributed by atoms with Gasteiger partial charge in [-0.05, 0) is 81.0 Å². The zero-order chi connectivity index (χ0) is 11.9. The van der Waals surface area contributed by atoms with Gasteiger partial charge < -0.3 is 0 Å². The summed E-state index contributed by atoms with van der Waals surface area (Å²) in [6.45, 7) is 3.80. The molecule has 1 saturated heterocycles. The molecule has 4 bridgehead atoms. The molecule has 0 amide bonds. The third-order valence-electron chi connectivity index (χ3n) is 6.34. The first kappa shape index (κ1) is 11.7. The summed E-state index contributed by atoms with van der Waals surface area (Å²) in [5.41, 5.74) is 3.67. The van der Waals surface area contributed by atoms with Crippen molar-refractivity contribution in [3.63, 3.8) is 0 Å². The minimum Gasteiger partial charge on any atom is -0.255 e. The summed E-state index contributed by atoms with van der Waals surface area (Å²) in [4.78, 5) is 0. The van der Waals surface area contributed by atoms with E-state index in [9.17, 15) is 0 Å². The number of nitrogens with one attached hydrogen (secondary N) is 1. The van der Waals surface area contributed by atoms with Crippen molar-refractivity contribution in [2.24, 2.45) is 29.6 Å². The standard InChI is InChI=1S/C16H28N2/c1-2-6-18(5-1)17-4-3-16-14-8-12-7-13(10-14)11-15(16)9-12/h12-17H,1-11H2. The average molecular weight is 248 g/mol.